The zero-order valence-electron chi connectivity index (χ0n) is 13.0. The fraction of sp³-hybridized carbons (Fsp3) is 0.533. The van der Waals surface area contributed by atoms with E-state index in [0.717, 1.165) is 26.1 Å². The molecule has 0 spiro atoms. The van der Waals surface area contributed by atoms with Gasteiger partial charge in [0.25, 0.3) is 0 Å². The molecule has 0 saturated heterocycles. The molecule has 5 nitrogen and oxygen atoms in total. The molecule has 118 valence electrons. The second-order valence-corrected chi connectivity index (χ2v) is 5.36. The summed E-state index contributed by atoms with van der Waals surface area (Å²) in [5, 5.41) is 2.73. The van der Waals surface area contributed by atoms with E-state index in [1.54, 1.807) is 0 Å². The summed E-state index contributed by atoms with van der Waals surface area (Å²) in [6.45, 7) is 4.97. The molecule has 1 aromatic carbocycles. The molecule has 0 radical (unpaired) electrons. The third-order valence-electron chi connectivity index (χ3n) is 3.06. The topological polar surface area (TPSA) is 61.6 Å². The number of amides is 1. The summed E-state index contributed by atoms with van der Waals surface area (Å²) in [7, 11) is 4.01. The van der Waals surface area contributed by atoms with E-state index in [2.05, 4.69) is 22.0 Å². The highest BCUT2D eigenvalue weighted by atomic mass is 19.1. The molecular formula is C15H25FN4O. The smallest absolute Gasteiger partial charge is 0.238 e. The van der Waals surface area contributed by atoms with Gasteiger partial charge < -0.3 is 16.0 Å². The normalized spacial score (nSPS) is 11.1. The van der Waals surface area contributed by atoms with Gasteiger partial charge in [0.1, 0.15) is 5.82 Å². The van der Waals surface area contributed by atoms with E-state index in [1.807, 2.05) is 14.1 Å². The number of hydrogen-bond acceptors (Lipinski definition) is 4. The van der Waals surface area contributed by atoms with Crippen molar-refractivity contribution in [3.63, 3.8) is 0 Å². The molecule has 0 unspecified atom stereocenters. The number of carbonyl (C=O) groups excluding carboxylic acids is 1. The van der Waals surface area contributed by atoms with Crippen molar-refractivity contribution in [2.45, 2.75) is 13.3 Å². The van der Waals surface area contributed by atoms with Crippen molar-refractivity contribution in [1.82, 2.24) is 9.80 Å². The molecule has 1 rings (SSSR count). The minimum absolute atomic E-state index is 0.138. The van der Waals surface area contributed by atoms with Crippen LogP contribution in [0.5, 0.6) is 0 Å². The zero-order valence-corrected chi connectivity index (χ0v) is 13.0. The Bertz CT molecular complexity index is 465. The summed E-state index contributed by atoms with van der Waals surface area (Å²) in [6.07, 6.45) is 0.986. The molecule has 0 aromatic heterocycles. The van der Waals surface area contributed by atoms with Crippen LogP contribution in [-0.4, -0.2) is 56.0 Å². The lowest BCUT2D eigenvalue weighted by Gasteiger charge is -2.23. The molecule has 1 amide bonds. The summed E-state index contributed by atoms with van der Waals surface area (Å²) < 4.78 is 13.0. The van der Waals surface area contributed by atoms with Crippen molar-refractivity contribution >= 4 is 17.3 Å². The molecule has 0 bridgehead atoms. The number of nitrogens with two attached hydrogens (primary N) is 1. The molecule has 0 fully saturated rings. The maximum atomic E-state index is 13.0. The Kier molecular flexibility index (Phi) is 7.11. The van der Waals surface area contributed by atoms with Crippen LogP contribution in [-0.2, 0) is 4.79 Å². The van der Waals surface area contributed by atoms with Gasteiger partial charge in [-0.05, 0) is 45.3 Å². The van der Waals surface area contributed by atoms with E-state index in [1.165, 1.54) is 18.2 Å². The molecule has 0 heterocycles. The average molecular weight is 296 g/mol. The number of hydrogen-bond donors (Lipinski definition) is 2. The van der Waals surface area contributed by atoms with E-state index in [9.17, 15) is 9.18 Å². The van der Waals surface area contributed by atoms with Crippen LogP contribution in [0.3, 0.4) is 0 Å². The standard InChI is InChI=1S/C15H25FN4O/c1-4-7-20(9-8-19(2)3)11-15(21)18-14-6-5-12(16)10-13(14)17/h5-6,10H,4,7-9,11,17H2,1-3H3,(H,18,21). The first-order valence-electron chi connectivity index (χ1n) is 7.14. The predicted octanol–water partition coefficient (Wildman–Crippen LogP) is 1.62. The number of benzene rings is 1. The summed E-state index contributed by atoms with van der Waals surface area (Å²) in [5.74, 6) is -0.551. The van der Waals surface area contributed by atoms with Crippen LogP contribution in [0.4, 0.5) is 15.8 Å². The Labute approximate surface area is 125 Å². The van der Waals surface area contributed by atoms with Crippen LogP contribution >= 0.6 is 0 Å². The van der Waals surface area contributed by atoms with E-state index in [-0.39, 0.29) is 11.6 Å². The van der Waals surface area contributed by atoms with Gasteiger partial charge in [-0.2, -0.15) is 0 Å². The summed E-state index contributed by atoms with van der Waals surface area (Å²) in [5.41, 5.74) is 6.37. The molecule has 0 aliphatic rings. The molecule has 0 aliphatic heterocycles. The number of rotatable bonds is 8. The monoisotopic (exact) mass is 296 g/mol. The maximum absolute atomic E-state index is 13.0. The van der Waals surface area contributed by atoms with Gasteiger partial charge in [0, 0.05) is 13.1 Å². The first-order chi connectivity index (χ1) is 9.92. The van der Waals surface area contributed by atoms with Crippen LogP contribution < -0.4 is 11.1 Å². The third-order valence-corrected chi connectivity index (χ3v) is 3.06. The average Bonchev–Trinajstić information content (AvgIpc) is 2.39. The van der Waals surface area contributed by atoms with Crippen molar-refractivity contribution < 1.29 is 9.18 Å². The SMILES string of the molecule is CCCN(CCN(C)C)CC(=O)Nc1ccc(F)cc1N. The number of nitrogen functional groups attached to an aromatic ring is 1. The maximum Gasteiger partial charge on any atom is 0.238 e. The molecule has 0 aliphatic carbocycles. The van der Waals surface area contributed by atoms with Crippen molar-refractivity contribution in [1.29, 1.82) is 0 Å². The van der Waals surface area contributed by atoms with Gasteiger partial charge in [0.05, 0.1) is 17.9 Å². The molecule has 0 atom stereocenters. The molecule has 0 saturated carbocycles. The van der Waals surface area contributed by atoms with Crippen LogP contribution in [0.2, 0.25) is 0 Å². The second kappa shape index (κ2) is 8.59. The fourth-order valence-electron chi connectivity index (χ4n) is 1.97. The minimum Gasteiger partial charge on any atom is -0.397 e. The Morgan fingerprint density at radius 1 is 1.29 bits per heavy atom. The van der Waals surface area contributed by atoms with Crippen molar-refractivity contribution in [3.8, 4) is 0 Å². The van der Waals surface area contributed by atoms with Gasteiger partial charge in [-0.25, -0.2) is 4.39 Å². The van der Waals surface area contributed by atoms with Gasteiger partial charge >= 0.3 is 0 Å². The lowest BCUT2D eigenvalue weighted by atomic mass is 10.2. The van der Waals surface area contributed by atoms with Crippen molar-refractivity contribution in [3.05, 3.63) is 24.0 Å². The molecule has 6 heteroatoms. The van der Waals surface area contributed by atoms with Crippen LogP contribution in [0.1, 0.15) is 13.3 Å². The second-order valence-electron chi connectivity index (χ2n) is 5.36. The number of anilines is 2. The Hall–Kier alpha value is -1.66. The zero-order chi connectivity index (χ0) is 15.8. The third kappa shape index (κ3) is 6.55. The minimum atomic E-state index is -0.413. The summed E-state index contributed by atoms with van der Waals surface area (Å²) in [4.78, 5) is 16.2. The number of nitrogens with zero attached hydrogens (tertiary/aromatic N) is 2. The highest BCUT2D eigenvalue weighted by molar-refractivity contribution is 5.95. The quantitative estimate of drug-likeness (QED) is 0.716. The Morgan fingerprint density at radius 2 is 2.00 bits per heavy atom. The van der Waals surface area contributed by atoms with Gasteiger partial charge in [0.2, 0.25) is 5.91 Å². The summed E-state index contributed by atoms with van der Waals surface area (Å²) >= 11 is 0. The van der Waals surface area contributed by atoms with Crippen LogP contribution in [0, 0.1) is 5.82 Å². The molecule has 1 aromatic rings. The van der Waals surface area contributed by atoms with E-state index < -0.39 is 5.82 Å². The van der Waals surface area contributed by atoms with E-state index in [0.29, 0.717) is 12.2 Å². The van der Waals surface area contributed by atoms with Crippen molar-refractivity contribution in [2.24, 2.45) is 0 Å². The van der Waals surface area contributed by atoms with Crippen molar-refractivity contribution in [2.75, 3.05) is 51.3 Å². The van der Waals surface area contributed by atoms with Gasteiger partial charge in [-0.3, -0.25) is 9.69 Å². The lowest BCUT2D eigenvalue weighted by molar-refractivity contribution is -0.117. The highest BCUT2D eigenvalue weighted by Crippen LogP contribution is 2.18. The first kappa shape index (κ1) is 17.4. The fourth-order valence-corrected chi connectivity index (χ4v) is 1.97. The molecule has 3 N–H and O–H groups in total. The molecular weight excluding hydrogens is 271 g/mol. The predicted molar refractivity (Wildman–Crippen MR) is 84.7 cm³/mol. The number of halogens is 1. The Balaban J connectivity index is 2.56. The lowest BCUT2D eigenvalue weighted by Crippen LogP contribution is -2.38. The number of nitrogens with one attached hydrogen (secondary N) is 1. The summed E-state index contributed by atoms with van der Waals surface area (Å²) in [6, 6.07) is 3.96. The van der Waals surface area contributed by atoms with E-state index >= 15 is 0 Å². The number of likely N-dealkylation sites (N-methyl/N-ethyl adjacent to an activating group) is 1. The van der Waals surface area contributed by atoms with E-state index in [4.69, 9.17) is 5.73 Å². The van der Waals surface area contributed by atoms with Crippen LogP contribution in [0.15, 0.2) is 18.2 Å². The molecule has 21 heavy (non-hydrogen) atoms. The number of carbonyl (C=O) groups is 1. The van der Waals surface area contributed by atoms with Gasteiger partial charge in [-0.1, -0.05) is 6.92 Å². The highest BCUT2D eigenvalue weighted by Gasteiger charge is 2.12. The van der Waals surface area contributed by atoms with Gasteiger partial charge in [0.15, 0.2) is 0 Å². The Morgan fingerprint density at radius 3 is 2.57 bits per heavy atom. The van der Waals surface area contributed by atoms with Gasteiger partial charge in [-0.15, -0.1) is 0 Å². The first-order valence-corrected chi connectivity index (χ1v) is 7.14. The largest absolute Gasteiger partial charge is 0.397 e. The van der Waals surface area contributed by atoms with Crippen LogP contribution in [0.25, 0.3) is 0 Å².